The highest BCUT2D eigenvalue weighted by molar-refractivity contribution is 14.1. The van der Waals surface area contributed by atoms with Crippen LogP contribution in [-0.2, 0) is 13.1 Å². The van der Waals surface area contributed by atoms with Crippen molar-refractivity contribution in [2.24, 2.45) is 0 Å². The largest absolute Gasteiger partial charge is 0.477 e. The first-order chi connectivity index (χ1) is 8.16. The molecule has 0 aliphatic carbocycles. The van der Waals surface area contributed by atoms with Crippen LogP contribution >= 0.6 is 22.6 Å². The third-order valence-electron chi connectivity index (χ3n) is 2.43. The van der Waals surface area contributed by atoms with Crippen LogP contribution < -0.4 is 0 Å². The summed E-state index contributed by atoms with van der Waals surface area (Å²) >= 11 is 2.12. The molecule has 0 amide bonds. The second-order valence-electron chi connectivity index (χ2n) is 3.66. The van der Waals surface area contributed by atoms with E-state index in [1.165, 1.54) is 0 Å². The van der Waals surface area contributed by atoms with E-state index in [4.69, 9.17) is 5.11 Å². The van der Waals surface area contributed by atoms with Crippen molar-refractivity contribution in [3.63, 3.8) is 0 Å². The zero-order valence-corrected chi connectivity index (χ0v) is 11.2. The zero-order chi connectivity index (χ0) is 12.3. The van der Waals surface area contributed by atoms with Crippen molar-refractivity contribution in [3.8, 4) is 0 Å². The van der Waals surface area contributed by atoms with Gasteiger partial charge in [0.25, 0.3) is 0 Å². The fourth-order valence-electron chi connectivity index (χ4n) is 1.67. The summed E-state index contributed by atoms with van der Waals surface area (Å²) < 4.78 is 4.56. The van der Waals surface area contributed by atoms with Crippen molar-refractivity contribution in [2.45, 2.75) is 19.5 Å². The van der Waals surface area contributed by atoms with Gasteiger partial charge in [0.1, 0.15) is 5.69 Å². The van der Waals surface area contributed by atoms with E-state index >= 15 is 0 Å². The van der Waals surface area contributed by atoms with Gasteiger partial charge in [0.15, 0.2) is 0 Å². The van der Waals surface area contributed by atoms with Gasteiger partial charge in [0.05, 0.1) is 0 Å². The number of aryl methyl sites for hydroxylation is 2. The average molecular weight is 345 g/mol. The molecular weight excluding hydrogens is 333 g/mol. The minimum absolute atomic E-state index is 0.342. The molecule has 5 nitrogen and oxygen atoms in total. The number of nitrogens with zero attached hydrogens (tertiary/aromatic N) is 3. The molecule has 0 aliphatic rings. The SMILES string of the molecule is O=C(O)c1cc(I)cn1CCCn1cccn1. The van der Waals surface area contributed by atoms with Crippen LogP contribution in [0.25, 0.3) is 0 Å². The Kier molecular flexibility index (Phi) is 3.82. The lowest BCUT2D eigenvalue weighted by Crippen LogP contribution is -2.09. The first kappa shape index (κ1) is 12.2. The summed E-state index contributed by atoms with van der Waals surface area (Å²) in [6, 6.07) is 3.55. The third-order valence-corrected chi connectivity index (χ3v) is 3.02. The van der Waals surface area contributed by atoms with E-state index in [1.54, 1.807) is 16.8 Å². The predicted octanol–water partition coefficient (Wildman–Crippen LogP) is 2.08. The lowest BCUT2D eigenvalue weighted by molar-refractivity contribution is 0.0685. The molecule has 2 aromatic rings. The van der Waals surface area contributed by atoms with Crippen LogP contribution in [0.15, 0.2) is 30.7 Å². The van der Waals surface area contributed by atoms with E-state index < -0.39 is 5.97 Å². The van der Waals surface area contributed by atoms with Gasteiger partial charge < -0.3 is 9.67 Å². The summed E-state index contributed by atoms with van der Waals surface area (Å²) in [5.74, 6) is -0.882. The Hall–Kier alpha value is -1.31. The maximum Gasteiger partial charge on any atom is 0.352 e. The molecule has 1 N–H and O–H groups in total. The lowest BCUT2D eigenvalue weighted by atomic mass is 10.4. The number of aromatic nitrogens is 3. The number of hydrogen-bond donors (Lipinski definition) is 1. The topological polar surface area (TPSA) is 60.0 Å². The molecule has 0 unspecified atom stereocenters. The maximum atomic E-state index is 11.0. The van der Waals surface area contributed by atoms with E-state index in [0.717, 1.165) is 16.5 Å². The number of rotatable bonds is 5. The number of carboxylic acid groups (broad SMARTS) is 1. The Morgan fingerprint density at radius 2 is 2.29 bits per heavy atom. The van der Waals surface area contributed by atoms with Gasteiger partial charge in [-0.15, -0.1) is 0 Å². The van der Waals surface area contributed by atoms with Crippen molar-refractivity contribution in [2.75, 3.05) is 0 Å². The molecule has 0 aliphatic heterocycles. The Bertz CT molecular complexity index is 505. The highest BCUT2D eigenvalue weighted by Crippen LogP contribution is 2.12. The molecule has 0 saturated carbocycles. The predicted molar refractivity (Wildman–Crippen MR) is 71.0 cm³/mol. The molecule has 0 radical (unpaired) electrons. The van der Waals surface area contributed by atoms with Crippen LogP contribution in [0.4, 0.5) is 0 Å². The number of hydrogen-bond acceptors (Lipinski definition) is 2. The summed E-state index contributed by atoms with van der Waals surface area (Å²) in [4.78, 5) is 11.0. The molecule has 2 rings (SSSR count). The summed E-state index contributed by atoms with van der Waals surface area (Å²) in [6.07, 6.45) is 6.35. The van der Waals surface area contributed by atoms with Gasteiger partial charge in [-0.1, -0.05) is 0 Å². The van der Waals surface area contributed by atoms with Gasteiger partial charge in [-0.2, -0.15) is 5.10 Å². The summed E-state index contributed by atoms with van der Waals surface area (Å²) in [6.45, 7) is 1.48. The minimum Gasteiger partial charge on any atom is -0.477 e. The Morgan fingerprint density at radius 1 is 1.47 bits per heavy atom. The second kappa shape index (κ2) is 5.35. The molecule has 0 bridgehead atoms. The van der Waals surface area contributed by atoms with Gasteiger partial charge >= 0.3 is 5.97 Å². The Balaban J connectivity index is 1.96. The number of carboxylic acids is 1. The van der Waals surface area contributed by atoms with Crippen LogP contribution in [0.5, 0.6) is 0 Å². The van der Waals surface area contributed by atoms with E-state index in [2.05, 4.69) is 27.7 Å². The van der Waals surface area contributed by atoms with Gasteiger partial charge in [0, 0.05) is 35.3 Å². The van der Waals surface area contributed by atoms with Crippen molar-refractivity contribution in [1.82, 2.24) is 14.3 Å². The smallest absolute Gasteiger partial charge is 0.352 e. The molecule has 0 saturated heterocycles. The lowest BCUT2D eigenvalue weighted by Gasteiger charge is -2.06. The second-order valence-corrected chi connectivity index (χ2v) is 4.91. The Labute approximate surface area is 112 Å². The summed E-state index contributed by atoms with van der Waals surface area (Å²) in [7, 11) is 0. The fourth-order valence-corrected chi connectivity index (χ4v) is 2.31. The molecule has 90 valence electrons. The molecule has 0 aromatic carbocycles. The molecule has 2 aromatic heterocycles. The number of carbonyl (C=O) groups is 1. The average Bonchev–Trinajstić information content (AvgIpc) is 2.88. The maximum absolute atomic E-state index is 11.0. The first-order valence-electron chi connectivity index (χ1n) is 5.23. The molecule has 0 atom stereocenters. The molecule has 0 spiro atoms. The van der Waals surface area contributed by atoms with E-state index in [-0.39, 0.29) is 0 Å². The normalized spacial score (nSPS) is 10.6. The standard InChI is InChI=1S/C11H12IN3O2/c12-9-7-10(11(16)17)14(8-9)4-2-6-15-5-1-3-13-15/h1,3,5,7-8H,2,4,6H2,(H,16,17). The van der Waals surface area contributed by atoms with Gasteiger partial charge in [-0.3, -0.25) is 4.68 Å². The van der Waals surface area contributed by atoms with Gasteiger partial charge in [-0.25, -0.2) is 4.79 Å². The van der Waals surface area contributed by atoms with E-state index in [9.17, 15) is 4.79 Å². The van der Waals surface area contributed by atoms with E-state index in [1.807, 2.05) is 23.1 Å². The fraction of sp³-hybridized carbons (Fsp3) is 0.273. The van der Waals surface area contributed by atoms with Gasteiger partial charge in [-0.05, 0) is 41.1 Å². The third kappa shape index (κ3) is 3.09. The summed E-state index contributed by atoms with van der Waals surface area (Å²) in [5, 5.41) is 13.1. The van der Waals surface area contributed by atoms with Crippen LogP contribution in [0.3, 0.4) is 0 Å². The molecule has 0 fully saturated rings. The first-order valence-corrected chi connectivity index (χ1v) is 6.31. The van der Waals surface area contributed by atoms with Crippen LogP contribution in [0, 0.1) is 3.57 Å². The van der Waals surface area contributed by atoms with Crippen LogP contribution in [-0.4, -0.2) is 25.4 Å². The van der Waals surface area contributed by atoms with Crippen LogP contribution in [0.1, 0.15) is 16.9 Å². The number of halogens is 1. The van der Waals surface area contributed by atoms with Crippen molar-refractivity contribution in [1.29, 1.82) is 0 Å². The van der Waals surface area contributed by atoms with Crippen molar-refractivity contribution >= 4 is 28.6 Å². The van der Waals surface area contributed by atoms with E-state index in [0.29, 0.717) is 12.2 Å². The molecule has 2 heterocycles. The highest BCUT2D eigenvalue weighted by Gasteiger charge is 2.10. The number of aromatic carboxylic acids is 1. The Morgan fingerprint density at radius 3 is 2.94 bits per heavy atom. The minimum atomic E-state index is -0.882. The van der Waals surface area contributed by atoms with Crippen molar-refractivity contribution < 1.29 is 9.90 Å². The monoisotopic (exact) mass is 345 g/mol. The molecule has 6 heteroatoms. The van der Waals surface area contributed by atoms with Gasteiger partial charge in [0.2, 0.25) is 0 Å². The zero-order valence-electron chi connectivity index (χ0n) is 9.08. The summed E-state index contributed by atoms with van der Waals surface area (Å²) in [5.41, 5.74) is 0.342. The van der Waals surface area contributed by atoms with Crippen LogP contribution in [0.2, 0.25) is 0 Å². The van der Waals surface area contributed by atoms with Crippen molar-refractivity contribution in [3.05, 3.63) is 40.0 Å². The quantitative estimate of drug-likeness (QED) is 0.844. The molecule has 17 heavy (non-hydrogen) atoms. The molecular formula is C11H12IN3O2. The highest BCUT2D eigenvalue weighted by atomic mass is 127.